The van der Waals surface area contributed by atoms with Gasteiger partial charge in [0.1, 0.15) is 18.0 Å². The predicted octanol–water partition coefficient (Wildman–Crippen LogP) is 1.76. The number of para-hydroxylation sites is 1. The Hall–Kier alpha value is -2.54. The van der Waals surface area contributed by atoms with Gasteiger partial charge in [-0.1, -0.05) is 18.2 Å². The number of aryl methyl sites for hydroxylation is 1. The first-order valence-corrected chi connectivity index (χ1v) is 9.61. The lowest BCUT2D eigenvalue weighted by Crippen LogP contribution is -2.48. The van der Waals surface area contributed by atoms with Crippen LogP contribution < -0.4 is 10.1 Å². The van der Waals surface area contributed by atoms with Crippen molar-refractivity contribution in [2.24, 2.45) is 12.0 Å². The molecule has 7 nitrogen and oxygen atoms in total. The molecule has 2 aromatic rings. The zero-order valence-electron chi connectivity index (χ0n) is 16.0. The highest BCUT2D eigenvalue weighted by molar-refractivity contribution is 5.80. The molecule has 0 aliphatic carbocycles. The summed E-state index contributed by atoms with van der Waals surface area (Å²) in [4.78, 5) is 7.14. The van der Waals surface area contributed by atoms with Crippen LogP contribution in [-0.2, 0) is 18.2 Å². The Morgan fingerprint density at radius 3 is 3.04 bits per heavy atom. The number of hydrogen-bond donors (Lipinski definition) is 1. The highest BCUT2D eigenvalue weighted by Gasteiger charge is 2.26. The smallest absolute Gasteiger partial charge is 0.194 e. The van der Waals surface area contributed by atoms with Crippen molar-refractivity contribution >= 4 is 5.96 Å². The maximum atomic E-state index is 6.03. The molecule has 4 rings (SSSR count). The number of nitrogens with one attached hydrogen (secondary N) is 1. The topological polar surface area (TPSA) is 63.9 Å². The fraction of sp³-hybridized carbons (Fsp3) is 0.500. The van der Waals surface area contributed by atoms with E-state index >= 15 is 0 Å². The second-order valence-electron chi connectivity index (χ2n) is 7.00. The Morgan fingerprint density at radius 2 is 2.26 bits per heavy atom. The molecule has 0 spiro atoms. The van der Waals surface area contributed by atoms with Gasteiger partial charge in [0, 0.05) is 38.3 Å². The molecule has 3 heterocycles. The molecule has 1 saturated heterocycles. The summed E-state index contributed by atoms with van der Waals surface area (Å²) < 4.78 is 13.8. The zero-order chi connectivity index (χ0) is 18.6. The Labute approximate surface area is 160 Å². The van der Waals surface area contributed by atoms with Gasteiger partial charge in [0.25, 0.3) is 0 Å². The third kappa shape index (κ3) is 4.08. The van der Waals surface area contributed by atoms with Crippen LogP contribution in [0.5, 0.6) is 5.75 Å². The first-order valence-electron chi connectivity index (χ1n) is 9.61. The summed E-state index contributed by atoms with van der Waals surface area (Å²) in [5.74, 6) is 1.92. The molecule has 0 saturated carbocycles. The molecule has 0 radical (unpaired) electrons. The van der Waals surface area contributed by atoms with E-state index in [1.54, 1.807) is 0 Å². The Morgan fingerprint density at radius 1 is 1.37 bits per heavy atom. The summed E-state index contributed by atoms with van der Waals surface area (Å²) in [6.45, 7) is 5.84. The van der Waals surface area contributed by atoms with E-state index in [2.05, 4.69) is 34.4 Å². The fourth-order valence-electron chi connectivity index (χ4n) is 3.62. The van der Waals surface area contributed by atoms with Crippen molar-refractivity contribution in [3.05, 3.63) is 47.8 Å². The number of fused-ring (bicyclic) bond motifs is 1. The molecular weight excluding hydrogens is 342 g/mol. The lowest BCUT2D eigenvalue weighted by molar-refractivity contribution is -0.00808. The normalized spacial score (nSPS) is 22.4. The molecule has 27 heavy (non-hydrogen) atoms. The van der Waals surface area contributed by atoms with Gasteiger partial charge in [-0.15, -0.1) is 0 Å². The van der Waals surface area contributed by atoms with Crippen molar-refractivity contribution in [1.82, 2.24) is 20.0 Å². The summed E-state index contributed by atoms with van der Waals surface area (Å²) >= 11 is 0. The van der Waals surface area contributed by atoms with E-state index in [-0.39, 0.29) is 12.2 Å². The SMILES string of the molecule is CCNC(=NCC1Cc2ccccc2O1)N1CCOC(c2cnn(C)c2)C1. The van der Waals surface area contributed by atoms with Gasteiger partial charge in [-0.2, -0.15) is 5.10 Å². The Kier molecular flexibility index (Phi) is 5.29. The maximum Gasteiger partial charge on any atom is 0.194 e. The summed E-state index contributed by atoms with van der Waals surface area (Å²) in [6.07, 6.45) is 4.93. The summed E-state index contributed by atoms with van der Waals surface area (Å²) in [7, 11) is 1.93. The maximum absolute atomic E-state index is 6.03. The molecule has 1 aromatic carbocycles. The number of hydrogen-bond acceptors (Lipinski definition) is 4. The van der Waals surface area contributed by atoms with Crippen LogP contribution in [0.1, 0.15) is 24.2 Å². The van der Waals surface area contributed by atoms with Crippen molar-refractivity contribution in [3.8, 4) is 5.75 Å². The van der Waals surface area contributed by atoms with Crippen molar-refractivity contribution in [2.75, 3.05) is 32.8 Å². The molecule has 7 heteroatoms. The van der Waals surface area contributed by atoms with E-state index in [0.29, 0.717) is 13.2 Å². The van der Waals surface area contributed by atoms with Crippen LogP contribution in [0.2, 0.25) is 0 Å². The summed E-state index contributed by atoms with van der Waals surface area (Å²) in [5, 5.41) is 7.68. The lowest BCUT2D eigenvalue weighted by atomic mass is 10.1. The van der Waals surface area contributed by atoms with Gasteiger partial charge in [0.15, 0.2) is 5.96 Å². The molecule has 2 aliphatic rings. The first-order chi connectivity index (χ1) is 13.2. The van der Waals surface area contributed by atoms with Crippen LogP contribution in [0, 0.1) is 0 Å². The number of benzene rings is 1. The molecule has 1 aromatic heterocycles. The van der Waals surface area contributed by atoms with E-state index in [9.17, 15) is 0 Å². The molecule has 144 valence electrons. The zero-order valence-corrected chi connectivity index (χ0v) is 16.0. The van der Waals surface area contributed by atoms with Crippen LogP contribution >= 0.6 is 0 Å². The first kappa shape index (κ1) is 17.9. The minimum Gasteiger partial charge on any atom is -0.488 e. The van der Waals surface area contributed by atoms with Crippen LogP contribution in [0.25, 0.3) is 0 Å². The fourth-order valence-corrected chi connectivity index (χ4v) is 3.62. The monoisotopic (exact) mass is 369 g/mol. The number of aromatic nitrogens is 2. The molecule has 0 bridgehead atoms. The number of nitrogens with zero attached hydrogens (tertiary/aromatic N) is 4. The van der Waals surface area contributed by atoms with Gasteiger partial charge in [-0.3, -0.25) is 4.68 Å². The predicted molar refractivity (Wildman–Crippen MR) is 104 cm³/mol. The van der Waals surface area contributed by atoms with Gasteiger partial charge in [0.2, 0.25) is 0 Å². The largest absolute Gasteiger partial charge is 0.488 e. The highest BCUT2D eigenvalue weighted by Crippen LogP contribution is 2.28. The number of rotatable bonds is 4. The van der Waals surface area contributed by atoms with Crippen molar-refractivity contribution in [1.29, 1.82) is 0 Å². The average molecular weight is 369 g/mol. The number of aliphatic imine (C=N–C) groups is 1. The molecule has 1 N–H and O–H groups in total. The number of ether oxygens (including phenoxy) is 2. The molecular formula is C20H27N5O2. The molecule has 1 fully saturated rings. The minimum atomic E-state index is 0.0169. The summed E-state index contributed by atoms with van der Waals surface area (Å²) in [5.41, 5.74) is 2.37. The third-order valence-corrected chi connectivity index (χ3v) is 4.96. The van der Waals surface area contributed by atoms with E-state index < -0.39 is 0 Å². The quantitative estimate of drug-likeness (QED) is 0.657. The number of guanidine groups is 1. The van der Waals surface area contributed by atoms with Crippen LogP contribution in [0.4, 0.5) is 0 Å². The highest BCUT2D eigenvalue weighted by atomic mass is 16.5. The van der Waals surface area contributed by atoms with Crippen molar-refractivity contribution < 1.29 is 9.47 Å². The molecule has 2 aliphatic heterocycles. The van der Waals surface area contributed by atoms with E-state index in [4.69, 9.17) is 14.5 Å². The van der Waals surface area contributed by atoms with Crippen molar-refractivity contribution in [3.63, 3.8) is 0 Å². The second-order valence-corrected chi connectivity index (χ2v) is 7.00. The molecule has 2 atom stereocenters. The van der Waals surface area contributed by atoms with E-state index in [0.717, 1.165) is 43.3 Å². The second kappa shape index (κ2) is 8.00. The summed E-state index contributed by atoms with van der Waals surface area (Å²) in [6, 6.07) is 8.24. The van der Waals surface area contributed by atoms with Gasteiger partial charge in [0.05, 0.1) is 25.9 Å². The van der Waals surface area contributed by atoms with Gasteiger partial charge >= 0.3 is 0 Å². The standard InChI is InChI=1S/C20H27N5O2/c1-3-21-20(22-12-17-10-15-6-4-5-7-18(15)27-17)25-8-9-26-19(14-25)16-11-23-24(2)13-16/h4-7,11,13,17,19H,3,8-10,12,14H2,1-2H3,(H,21,22). The van der Waals surface area contributed by atoms with E-state index in [1.807, 2.05) is 36.3 Å². The number of morpholine rings is 1. The van der Waals surface area contributed by atoms with Gasteiger partial charge in [-0.25, -0.2) is 4.99 Å². The van der Waals surface area contributed by atoms with Crippen LogP contribution in [0.15, 0.2) is 41.7 Å². The van der Waals surface area contributed by atoms with Gasteiger partial charge in [-0.05, 0) is 18.6 Å². The Balaban J connectivity index is 1.41. The van der Waals surface area contributed by atoms with Crippen LogP contribution in [-0.4, -0.2) is 59.5 Å². The lowest BCUT2D eigenvalue weighted by Gasteiger charge is -2.35. The Bertz CT molecular complexity index is 778. The molecule has 0 amide bonds. The minimum absolute atomic E-state index is 0.0169. The van der Waals surface area contributed by atoms with Gasteiger partial charge < -0.3 is 19.7 Å². The third-order valence-electron chi connectivity index (χ3n) is 4.96. The molecule has 2 unspecified atom stereocenters. The van der Waals surface area contributed by atoms with E-state index in [1.165, 1.54) is 5.56 Å². The van der Waals surface area contributed by atoms with Crippen molar-refractivity contribution in [2.45, 2.75) is 25.6 Å². The average Bonchev–Trinajstić information content (AvgIpc) is 3.31. The van der Waals surface area contributed by atoms with Crippen LogP contribution in [0.3, 0.4) is 0 Å².